The van der Waals surface area contributed by atoms with Gasteiger partial charge in [-0.1, -0.05) is 6.07 Å². The number of pyridine rings is 1. The first-order chi connectivity index (χ1) is 7.38. The van der Waals surface area contributed by atoms with Crippen molar-refractivity contribution in [1.82, 2.24) is 4.98 Å². The van der Waals surface area contributed by atoms with Gasteiger partial charge in [-0.15, -0.1) is 11.6 Å². The zero-order chi connectivity index (χ0) is 12.3. The summed E-state index contributed by atoms with van der Waals surface area (Å²) in [6, 6.07) is 2.30. The van der Waals surface area contributed by atoms with E-state index in [1.165, 1.54) is 6.07 Å². The quantitative estimate of drug-likeness (QED) is 0.809. The SMILES string of the molecule is OC(CCl)C(O)c1cccnc1C(F)(F)F. The molecule has 0 saturated heterocycles. The van der Waals surface area contributed by atoms with Crippen LogP contribution in [0.15, 0.2) is 18.3 Å². The highest BCUT2D eigenvalue weighted by atomic mass is 35.5. The van der Waals surface area contributed by atoms with Crippen molar-refractivity contribution in [2.75, 3.05) is 5.88 Å². The molecule has 1 aromatic heterocycles. The van der Waals surface area contributed by atoms with E-state index >= 15 is 0 Å². The summed E-state index contributed by atoms with van der Waals surface area (Å²) in [4.78, 5) is 3.15. The predicted octanol–water partition coefficient (Wildman–Crippen LogP) is 1.73. The van der Waals surface area contributed by atoms with Gasteiger partial charge in [-0.05, 0) is 6.07 Å². The number of aromatic nitrogens is 1. The molecule has 0 aromatic carbocycles. The van der Waals surface area contributed by atoms with Crippen LogP contribution in [0.3, 0.4) is 0 Å². The number of hydrogen-bond acceptors (Lipinski definition) is 3. The van der Waals surface area contributed by atoms with E-state index < -0.39 is 29.6 Å². The third kappa shape index (κ3) is 2.84. The Labute approximate surface area is 94.5 Å². The van der Waals surface area contributed by atoms with Gasteiger partial charge < -0.3 is 10.2 Å². The van der Waals surface area contributed by atoms with E-state index in [9.17, 15) is 23.4 Å². The van der Waals surface area contributed by atoms with Gasteiger partial charge in [-0.25, -0.2) is 0 Å². The molecular formula is C9H9ClF3NO2. The van der Waals surface area contributed by atoms with Crippen molar-refractivity contribution in [2.24, 2.45) is 0 Å². The second kappa shape index (κ2) is 4.99. The molecule has 0 aliphatic heterocycles. The largest absolute Gasteiger partial charge is 0.433 e. The second-order valence-corrected chi connectivity index (χ2v) is 3.41. The fourth-order valence-corrected chi connectivity index (χ4v) is 1.35. The summed E-state index contributed by atoms with van der Waals surface area (Å²) in [5.74, 6) is -0.368. The minimum atomic E-state index is -4.68. The van der Waals surface area contributed by atoms with Crippen molar-refractivity contribution in [3.8, 4) is 0 Å². The molecule has 90 valence electrons. The fraction of sp³-hybridized carbons (Fsp3) is 0.444. The zero-order valence-corrected chi connectivity index (χ0v) is 8.70. The first-order valence-electron chi connectivity index (χ1n) is 4.32. The highest BCUT2D eigenvalue weighted by molar-refractivity contribution is 6.18. The molecule has 2 unspecified atom stereocenters. The summed E-state index contributed by atoms with van der Waals surface area (Å²) >= 11 is 5.25. The van der Waals surface area contributed by atoms with Crippen LogP contribution in [0.1, 0.15) is 17.4 Å². The standard InChI is InChI=1S/C9H9ClF3NO2/c10-4-6(15)7(16)5-2-1-3-14-8(5)9(11,12)13/h1-3,6-7,15-16H,4H2. The Morgan fingerprint density at radius 3 is 2.50 bits per heavy atom. The van der Waals surface area contributed by atoms with Crippen LogP contribution in [0.2, 0.25) is 0 Å². The number of hydrogen-bond donors (Lipinski definition) is 2. The molecule has 0 saturated carbocycles. The molecule has 7 heteroatoms. The molecule has 16 heavy (non-hydrogen) atoms. The minimum Gasteiger partial charge on any atom is -0.389 e. The average molecular weight is 256 g/mol. The topological polar surface area (TPSA) is 53.4 Å². The Kier molecular flexibility index (Phi) is 4.12. The summed E-state index contributed by atoms with van der Waals surface area (Å²) in [5.41, 5.74) is -1.70. The summed E-state index contributed by atoms with van der Waals surface area (Å²) < 4.78 is 37.5. The monoisotopic (exact) mass is 255 g/mol. The van der Waals surface area contributed by atoms with Gasteiger partial charge in [-0.3, -0.25) is 4.98 Å². The lowest BCUT2D eigenvalue weighted by Gasteiger charge is -2.19. The summed E-state index contributed by atoms with van der Waals surface area (Å²) in [6.07, 6.45) is -6.88. The molecule has 1 heterocycles. The van der Waals surface area contributed by atoms with Gasteiger partial charge in [0.25, 0.3) is 0 Å². The fourth-order valence-electron chi connectivity index (χ4n) is 1.18. The molecular weight excluding hydrogens is 247 g/mol. The summed E-state index contributed by atoms with van der Waals surface area (Å²) in [6.45, 7) is 0. The van der Waals surface area contributed by atoms with Gasteiger partial charge >= 0.3 is 6.18 Å². The molecule has 3 nitrogen and oxygen atoms in total. The number of aliphatic hydroxyl groups excluding tert-OH is 2. The molecule has 1 aromatic rings. The van der Waals surface area contributed by atoms with Crippen molar-refractivity contribution in [3.05, 3.63) is 29.6 Å². The van der Waals surface area contributed by atoms with E-state index in [0.29, 0.717) is 0 Å². The Morgan fingerprint density at radius 2 is 2.00 bits per heavy atom. The summed E-state index contributed by atoms with van der Waals surface area (Å²) in [7, 11) is 0. The number of alkyl halides is 4. The first-order valence-corrected chi connectivity index (χ1v) is 4.85. The van der Waals surface area contributed by atoms with Crippen molar-refractivity contribution in [1.29, 1.82) is 0 Å². The van der Waals surface area contributed by atoms with E-state index in [-0.39, 0.29) is 5.88 Å². The second-order valence-electron chi connectivity index (χ2n) is 3.11. The molecule has 0 aliphatic rings. The van der Waals surface area contributed by atoms with Crippen LogP contribution in [0, 0.1) is 0 Å². The van der Waals surface area contributed by atoms with Crippen LogP contribution < -0.4 is 0 Å². The zero-order valence-electron chi connectivity index (χ0n) is 7.95. The number of nitrogens with zero attached hydrogens (tertiary/aromatic N) is 1. The van der Waals surface area contributed by atoms with E-state index in [4.69, 9.17) is 11.6 Å². The number of rotatable bonds is 3. The van der Waals surface area contributed by atoms with Gasteiger partial charge in [0.2, 0.25) is 0 Å². The van der Waals surface area contributed by atoms with Crippen LogP contribution in [-0.2, 0) is 6.18 Å². The molecule has 0 radical (unpaired) electrons. The summed E-state index contributed by atoms with van der Waals surface area (Å²) in [5, 5.41) is 18.7. The molecule has 1 rings (SSSR count). The van der Waals surface area contributed by atoms with E-state index in [0.717, 1.165) is 12.3 Å². The van der Waals surface area contributed by atoms with Crippen LogP contribution in [0.4, 0.5) is 13.2 Å². The average Bonchev–Trinajstić information content (AvgIpc) is 2.26. The predicted molar refractivity (Wildman–Crippen MR) is 50.9 cm³/mol. The Balaban J connectivity index is 3.13. The third-order valence-electron chi connectivity index (χ3n) is 1.95. The normalized spacial score (nSPS) is 15.9. The van der Waals surface area contributed by atoms with Gasteiger partial charge in [0.05, 0.1) is 12.0 Å². The van der Waals surface area contributed by atoms with Gasteiger partial charge in [0.15, 0.2) is 0 Å². The molecule has 2 N–H and O–H groups in total. The van der Waals surface area contributed by atoms with Gasteiger partial charge in [0, 0.05) is 11.8 Å². The smallest absolute Gasteiger partial charge is 0.389 e. The lowest BCUT2D eigenvalue weighted by molar-refractivity contribution is -0.143. The van der Waals surface area contributed by atoms with E-state index in [1.54, 1.807) is 0 Å². The maximum Gasteiger partial charge on any atom is 0.433 e. The van der Waals surface area contributed by atoms with Crippen molar-refractivity contribution < 1.29 is 23.4 Å². The third-order valence-corrected chi connectivity index (χ3v) is 2.26. The van der Waals surface area contributed by atoms with Gasteiger partial charge in [-0.2, -0.15) is 13.2 Å². The van der Waals surface area contributed by atoms with Gasteiger partial charge in [0.1, 0.15) is 11.8 Å². The molecule has 0 bridgehead atoms. The molecule has 0 aliphatic carbocycles. The lowest BCUT2D eigenvalue weighted by atomic mass is 10.0. The molecule has 0 spiro atoms. The number of halogens is 4. The van der Waals surface area contributed by atoms with Crippen LogP contribution in [-0.4, -0.2) is 27.2 Å². The van der Waals surface area contributed by atoms with E-state index in [2.05, 4.69) is 4.98 Å². The maximum absolute atomic E-state index is 12.5. The molecule has 0 fully saturated rings. The maximum atomic E-state index is 12.5. The number of aliphatic hydroxyl groups is 2. The first kappa shape index (κ1) is 13.2. The minimum absolute atomic E-state index is 0.368. The lowest BCUT2D eigenvalue weighted by Crippen LogP contribution is -2.23. The van der Waals surface area contributed by atoms with Crippen LogP contribution >= 0.6 is 11.6 Å². The van der Waals surface area contributed by atoms with Crippen LogP contribution in [0.25, 0.3) is 0 Å². The Hall–Kier alpha value is -0.850. The highest BCUT2D eigenvalue weighted by Crippen LogP contribution is 2.33. The van der Waals surface area contributed by atoms with Crippen LogP contribution in [0.5, 0.6) is 0 Å². The molecule has 0 amide bonds. The van der Waals surface area contributed by atoms with Crippen molar-refractivity contribution >= 4 is 11.6 Å². The Bertz CT molecular complexity index is 359. The highest BCUT2D eigenvalue weighted by Gasteiger charge is 2.37. The van der Waals surface area contributed by atoms with Crippen molar-refractivity contribution in [2.45, 2.75) is 18.4 Å². The van der Waals surface area contributed by atoms with Crippen molar-refractivity contribution in [3.63, 3.8) is 0 Å². The Morgan fingerprint density at radius 1 is 1.38 bits per heavy atom. The van der Waals surface area contributed by atoms with E-state index in [1.807, 2.05) is 0 Å². The molecule has 2 atom stereocenters.